The molecule has 0 aliphatic heterocycles. The van der Waals surface area contributed by atoms with Crippen LogP contribution in [0.4, 0.5) is 0 Å². The Hall–Kier alpha value is -1.32. The van der Waals surface area contributed by atoms with Crippen molar-refractivity contribution in [3.63, 3.8) is 0 Å². The minimum absolute atomic E-state index is 0.163. The molecule has 428 valence electrons. The normalized spacial score (nSPS) is 12.1. The van der Waals surface area contributed by atoms with Crippen molar-refractivity contribution in [2.24, 2.45) is 5.92 Å². The van der Waals surface area contributed by atoms with Gasteiger partial charge < -0.3 is 9.64 Å². The van der Waals surface area contributed by atoms with Crippen LogP contribution < -0.4 is 0 Å². The molecule has 1 atom stereocenters. The summed E-state index contributed by atoms with van der Waals surface area (Å²) < 4.78 is 5.74. The molecular weight excluding hydrogens is 879 g/mol. The second-order valence-electron chi connectivity index (χ2n) is 23.3. The number of unbranched alkanes of at least 4 members (excludes halogenated alkanes) is 49. The van der Waals surface area contributed by atoms with Gasteiger partial charge in [0.1, 0.15) is 0 Å². The van der Waals surface area contributed by atoms with Gasteiger partial charge in [-0.05, 0) is 51.4 Å². The van der Waals surface area contributed by atoms with Gasteiger partial charge in [-0.15, -0.1) is 0 Å². The zero-order valence-electron chi connectivity index (χ0n) is 50.1. The van der Waals surface area contributed by atoms with Gasteiger partial charge >= 0.3 is 5.97 Å². The second-order valence-corrected chi connectivity index (χ2v) is 23.3. The summed E-state index contributed by atoms with van der Waals surface area (Å²) in [5, 5.41) is 0. The molecule has 0 rings (SSSR count). The van der Waals surface area contributed by atoms with Crippen molar-refractivity contribution in [2.75, 3.05) is 19.7 Å². The van der Waals surface area contributed by atoms with Gasteiger partial charge in [0.2, 0.25) is 5.91 Å². The third-order valence-corrected chi connectivity index (χ3v) is 16.0. The van der Waals surface area contributed by atoms with Gasteiger partial charge in [-0.25, -0.2) is 0 Å². The smallest absolute Gasteiger partial charge is 0.306 e. The third kappa shape index (κ3) is 54.9. The minimum atomic E-state index is -0.238. The molecule has 1 amide bonds. The predicted octanol–water partition coefficient (Wildman–Crippen LogP) is 23.5. The molecule has 0 aromatic carbocycles. The standard InChI is InChI=1S/C68H133NO3/c1-5-9-13-17-21-22-23-24-25-26-27-28-29-30-31-32-33-34-35-36-37-38-39-40-41-42-43-44-45-46-47-48-49-50-51-52-53-57-61-66(65-67(70)72-64-60-56-20-16-12-8-4)68(71)69(62-58-54-18-14-10-6-2)63-59-55-19-15-11-7-3/h47-48,66H,5-46,49-65H2,1-4H3/b48-47+. The zero-order valence-corrected chi connectivity index (χ0v) is 50.1. The highest BCUT2D eigenvalue weighted by Gasteiger charge is 2.27. The molecule has 72 heavy (non-hydrogen) atoms. The quantitative estimate of drug-likeness (QED) is 0.0346. The van der Waals surface area contributed by atoms with Crippen LogP contribution in [0, 0.1) is 5.92 Å². The SMILES string of the molecule is CCCCCCCCCCCCCCCCCCCCCCCCCCCCCCC/C=C/CCCCCCCC(CC(=O)OCCCCCCCC)C(=O)N(CCCCCCCC)CCCCCCCC. The molecule has 4 heteroatoms. The van der Waals surface area contributed by atoms with Crippen molar-refractivity contribution in [1.82, 2.24) is 4.90 Å². The van der Waals surface area contributed by atoms with Crippen LogP contribution in [-0.2, 0) is 14.3 Å². The maximum Gasteiger partial charge on any atom is 0.306 e. The van der Waals surface area contributed by atoms with E-state index in [9.17, 15) is 9.59 Å². The molecule has 0 saturated carbocycles. The van der Waals surface area contributed by atoms with E-state index in [1.54, 1.807) is 0 Å². The molecule has 1 unspecified atom stereocenters. The van der Waals surface area contributed by atoms with E-state index >= 15 is 0 Å². The third-order valence-electron chi connectivity index (χ3n) is 16.0. The topological polar surface area (TPSA) is 46.6 Å². The number of carbonyl (C=O) groups excluding carboxylic acids is 2. The van der Waals surface area contributed by atoms with E-state index < -0.39 is 0 Å². The number of hydrogen-bond acceptors (Lipinski definition) is 3. The summed E-state index contributed by atoms with van der Waals surface area (Å²) in [4.78, 5) is 29.5. The summed E-state index contributed by atoms with van der Waals surface area (Å²) in [6.07, 6.45) is 78.3. The van der Waals surface area contributed by atoms with Crippen molar-refractivity contribution in [1.29, 1.82) is 0 Å². The van der Waals surface area contributed by atoms with Crippen LogP contribution in [-0.4, -0.2) is 36.5 Å². The van der Waals surface area contributed by atoms with E-state index in [0.29, 0.717) is 6.61 Å². The molecule has 0 spiro atoms. The number of rotatable bonds is 62. The molecule has 0 aliphatic carbocycles. The van der Waals surface area contributed by atoms with Crippen LogP contribution >= 0.6 is 0 Å². The Balaban J connectivity index is 4.07. The molecule has 0 aromatic heterocycles. The first-order valence-electron chi connectivity index (χ1n) is 33.7. The number of allylic oxidation sites excluding steroid dienone is 2. The Bertz CT molecular complexity index is 1060. The zero-order chi connectivity index (χ0) is 52.2. The van der Waals surface area contributed by atoms with Gasteiger partial charge in [0.15, 0.2) is 0 Å². The van der Waals surface area contributed by atoms with Gasteiger partial charge in [-0.1, -0.05) is 342 Å². The van der Waals surface area contributed by atoms with E-state index in [0.717, 1.165) is 58.0 Å². The maximum atomic E-state index is 14.2. The maximum absolute atomic E-state index is 14.2. The molecule has 0 N–H and O–H groups in total. The van der Waals surface area contributed by atoms with Crippen LogP contribution in [0.1, 0.15) is 387 Å². The summed E-state index contributed by atoms with van der Waals surface area (Å²) in [5.74, 6) is -0.178. The van der Waals surface area contributed by atoms with E-state index in [2.05, 4.69) is 44.7 Å². The lowest BCUT2D eigenvalue weighted by atomic mass is 9.95. The van der Waals surface area contributed by atoms with Crippen molar-refractivity contribution < 1.29 is 14.3 Å². The average Bonchev–Trinajstić information content (AvgIpc) is 3.38. The van der Waals surface area contributed by atoms with Crippen molar-refractivity contribution in [2.45, 2.75) is 387 Å². The highest BCUT2D eigenvalue weighted by molar-refractivity contribution is 5.83. The number of ether oxygens (including phenoxy) is 1. The van der Waals surface area contributed by atoms with Crippen LogP contribution in [0.2, 0.25) is 0 Å². The first kappa shape index (κ1) is 70.7. The number of esters is 1. The Morgan fingerprint density at radius 2 is 0.569 bits per heavy atom. The van der Waals surface area contributed by atoms with E-state index in [1.165, 1.54) is 308 Å². The fraction of sp³-hybridized carbons (Fsp3) is 0.941. The summed E-state index contributed by atoms with van der Waals surface area (Å²) in [7, 11) is 0. The van der Waals surface area contributed by atoms with Crippen LogP contribution in [0.25, 0.3) is 0 Å². The largest absolute Gasteiger partial charge is 0.466 e. The Kier molecular flexibility index (Phi) is 61.1. The van der Waals surface area contributed by atoms with Crippen LogP contribution in [0.5, 0.6) is 0 Å². The van der Waals surface area contributed by atoms with Gasteiger partial charge in [0.25, 0.3) is 0 Å². The van der Waals surface area contributed by atoms with E-state index in [1.807, 2.05) is 0 Å². The average molecular weight is 1010 g/mol. The monoisotopic (exact) mass is 1010 g/mol. The lowest BCUT2D eigenvalue weighted by Crippen LogP contribution is -2.38. The van der Waals surface area contributed by atoms with Gasteiger partial charge in [-0.3, -0.25) is 9.59 Å². The molecule has 0 radical (unpaired) electrons. The minimum Gasteiger partial charge on any atom is -0.466 e. The van der Waals surface area contributed by atoms with Crippen LogP contribution in [0.3, 0.4) is 0 Å². The van der Waals surface area contributed by atoms with E-state index in [-0.39, 0.29) is 24.2 Å². The molecular formula is C68H133NO3. The predicted molar refractivity (Wildman–Crippen MR) is 321 cm³/mol. The highest BCUT2D eigenvalue weighted by atomic mass is 16.5. The number of carbonyl (C=O) groups is 2. The first-order chi connectivity index (χ1) is 35.6. The molecule has 0 aromatic rings. The molecule has 0 saturated heterocycles. The molecule has 0 heterocycles. The fourth-order valence-electron chi connectivity index (χ4n) is 10.9. The number of hydrogen-bond donors (Lipinski definition) is 0. The molecule has 4 nitrogen and oxygen atoms in total. The van der Waals surface area contributed by atoms with Gasteiger partial charge in [-0.2, -0.15) is 0 Å². The number of amides is 1. The van der Waals surface area contributed by atoms with Gasteiger partial charge in [0.05, 0.1) is 13.0 Å². The lowest BCUT2D eigenvalue weighted by Gasteiger charge is -2.27. The summed E-state index contributed by atoms with van der Waals surface area (Å²) >= 11 is 0. The second kappa shape index (κ2) is 62.2. The van der Waals surface area contributed by atoms with Gasteiger partial charge in [0, 0.05) is 19.0 Å². The van der Waals surface area contributed by atoms with Crippen LogP contribution in [0.15, 0.2) is 12.2 Å². The Morgan fingerprint density at radius 3 is 0.875 bits per heavy atom. The molecule has 0 fully saturated rings. The Morgan fingerprint density at radius 1 is 0.319 bits per heavy atom. The highest BCUT2D eigenvalue weighted by Crippen LogP contribution is 2.22. The summed E-state index contributed by atoms with van der Waals surface area (Å²) in [6.45, 7) is 11.3. The number of nitrogens with zero attached hydrogens (tertiary/aromatic N) is 1. The van der Waals surface area contributed by atoms with Crippen molar-refractivity contribution in [3.05, 3.63) is 12.2 Å². The lowest BCUT2D eigenvalue weighted by molar-refractivity contribution is -0.149. The Labute approximate surface area is 454 Å². The molecule has 0 bridgehead atoms. The fourth-order valence-corrected chi connectivity index (χ4v) is 10.9. The molecule has 0 aliphatic rings. The summed E-state index contributed by atoms with van der Waals surface area (Å²) in [5.41, 5.74) is 0. The summed E-state index contributed by atoms with van der Waals surface area (Å²) in [6, 6.07) is 0. The van der Waals surface area contributed by atoms with E-state index in [4.69, 9.17) is 4.74 Å². The first-order valence-corrected chi connectivity index (χ1v) is 33.7. The van der Waals surface area contributed by atoms with Crippen molar-refractivity contribution in [3.8, 4) is 0 Å². The van der Waals surface area contributed by atoms with Crippen molar-refractivity contribution >= 4 is 11.9 Å².